The number of nitrogens with zero attached hydrogens (tertiary/aromatic N) is 1. The molecule has 6 nitrogen and oxygen atoms in total. The Hall–Kier alpha value is -1.60. The van der Waals surface area contributed by atoms with Crippen LogP contribution in [-0.2, 0) is 20.2 Å². The largest absolute Gasteiger partial charge is 0.492 e. The number of carbonyl (C=O) groups excluding carboxylic acids is 1. The Morgan fingerprint density at radius 1 is 1.27 bits per heavy atom. The minimum absolute atomic E-state index is 0.104. The van der Waals surface area contributed by atoms with E-state index < -0.39 is 10.0 Å². The zero-order chi connectivity index (χ0) is 19.4. The van der Waals surface area contributed by atoms with E-state index >= 15 is 0 Å². The predicted octanol–water partition coefficient (Wildman–Crippen LogP) is 2.15. The van der Waals surface area contributed by atoms with Crippen LogP contribution in [0, 0.1) is 5.92 Å². The van der Waals surface area contributed by atoms with E-state index in [0.717, 1.165) is 5.75 Å². The summed E-state index contributed by atoms with van der Waals surface area (Å²) in [5.41, 5.74) is 1.35. The minimum Gasteiger partial charge on any atom is -0.492 e. The summed E-state index contributed by atoms with van der Waals surface area (Å²) in [6.45, 7) is 8.02. The number of hydrogen-bond donors (Lipinski definition) is 1. The Bertz CT molecular complexity index is 708. The molecule has 7 heteroatoms. The van der Waals surface area contributed by atoms with E-state index in [0.29, 0.717) is 32.5 Å². The monoisotopic (exact) mass is 382 g/mol. The second kappa shape index (κ2) is 8.39. The summed E-state index contributed by atoms with van der Waals surface area (Å²) in [6.07, 6.45) is 2.61. The van der Waals surface area contributed by atoms with Gasteiger partial charge >= 0.3 is 0 Å². The summed E-state index contributed by atoms with van der Waals surface area (Å²) >= 11 is 0. The maximum atomic E-state index is 12.2. The SMILES string of the molecule is CC(C)(C)c1ccc(OCCNC(=O)[C@H]2CCCN(S(C)(=O)=O)C2)cc1. The van der Waals surface area contributed by atoms with E-state index in [-0.39, 0.29) is 23.8 Å². The molecule has 0 aromatic heterocycles. The van der Waals surface area contributed by atoms with Crippen LogP contribution in [0.2, 0.25) is 0 Å². The van der Waals surface area contributed by atoms with Crippen molar-refractivity contribution in [3.63, 3.8) is 0 Å². The van der Waals surface area contributed by atoms with Crippen LogP contribution in [0.4, 0.5) is 0 Å². The van der Waals surface area contributed by atoms with Crippen molar-refractivity contribution in [2.75, 3.05) is 32.5 Å². The lowest BCUT2D eigenvalue weighted by Crippen LogP contribution is -2.45. The number of nitrogens with one attached hydrogen (secondary N) is 1. The number of ether oxygens (including phenoxy) is 1. The lowest BCUT2D eigenvalue weighted by molar-refractivity contribution is -0.126. The van der Waals surface area contributed by atoms with Crippen LogP contribution in [-0.4, -0.2) is 51.1 Å². The van der Waals surface area contributed by atoms with Gasteiger partial charge in [-0.2, -0.15) is 0 Å². The Morgan fingerprint density at radius 2 is 1.92 bits per heavy atom. The minimum atomic E-state index is -3.24. The van der Waals surface area contributed by atoms with Crippen molar-refractivity contribution in [1.82, 2.24) is 9.62 Å². The number of sulfonamides is 1. The molecule has 1 heterocycles. The number of rotatable bonds is 6. The Morgan fingerprint density at radius 3 is 2.50 bits per heavy atom. The molecule has 2 rings (SSSR count). The molecule has 1 aliphatic rings. The first-order valence-corrected chi connectivity index (χ1v) is 10.9. The smallest absolute Gasteiger partial charge is 0.224 e. The van der Waals surface area contributed by atoms with Gasteiger partial charge in [-0.1, -0.05) is 32.9 Å². The average Bonchev–Trinajstić information content (AvgIpc) is 2.57. The molecule has 1 fully saturated rings. The van der Waals surface area contributed by atoms with Gasteiger partial charge in [-0.25, -0.2) is 12.7 Å². The van der Waals surface area contributed by atoms with Crippen molar-refractivity contribution in [3.8, 4) is 5.75 Å². The quantitative estimate of drug-likeness (QED) is 0.765. The average molecular weight is 383 g/mol. The van der Waals surface area contributed by atoms with Crippen LogP contribution in [0.15, 0.2) is 24.3 Å². The van der Waals surface area contributed by atoms with E-state index in [1.54, 1.807) is 0 Å². The molecule has 0 spiro atoms. The summed E-state index contributed by atoms with van der Waals surface area (Å²) < 4.78 is 30.3. The molecule has 0 bridgehead atoms. The molecule has 26 heavy (non-hydrogen) atoms. The molecule has 1 saturated heterocycles. The van der Waals surface area contributed by atoms with E-state index in [1.807, 2.05) is 12.1 Å². The topological polar surface area (TPSA) is 75.7 Å². The molecule has 0 saturated carbocycles. The normalized spacial score (nSPS) is 19.2. The van der Waals surface area contributed by atoms with Gasteiger partial charge in [-0.3, -0.25) is 4.79 Å². The molecule has 1 aromatic rings. The zero-order valence-electron chi connectivity index (χ0n) is 16.1. The molecule has 1 aromatic carbocycles. The number of benzene rings is 1. The highest BCUT2D eigenvalue weighted by atomic mass is 32.2. The van der Waals surface area contributed by atoms with Gasteiger partial charge in [0, 0.05) is 13.1 Å². The first kappa shape index (κ1) is 20.7. The molecular formula is C19H30N2O4S. The highest BCUT2D eigenvalue weighted by Crippen LogP contribution is 2.24. The predicted molar refractivity (Wildman–Crippen MR) is 103 cm³/mol. The fourth-order valence-corrected chi connectivity index (χ4v) is 3.91. The molecule has 146 valence electrons. The summed E-state index contributed by atoms with van der Waals surface area (Å²) in [5, 5.41) is 2.84. The highest BCUT2D eigenvalue weighted by molar-refractivity contribution is 7.88. The summed E-state index contributed by atoms with van der Waals surface area (Å²) in [5.74, 6) is 0.378. The first-order chi connectivity index (χ1) is 12.1. The molecular weight excluding hydrogens is 352 g/mol. The van der Waals surface area contributed by atoms with E-state index in [2.05, 4.69) is 38.2 Å². The molecule has 1 N–H and O–H groups in total. The van der Waals surface area contributed by atoms with Crippen LogP contribution >= 0.6 is 0 Å². The summed E-state index contributed by atoms with van der Waals surface area (Å²) in [6, 6.07) is 7.98. The number of hydrogen-bond acceptors (Lipinski definition) is 4. The Balaban J connectivity index is 1.75. The van der Waals surface area contributed by atoms with Gasteiger partial charge in [-0.15, -0.1) is 0 Å². The second-order valence-corrected chi connectivity index (χ2v) is 9.86. The Labute approximate surface area is 157 Å². The third kappa shape index (κ3) is 5.99. The lowest BCUT2D eigenvalue weighted by Gasteiger charge is -2.30. The van der Waals surface area contributed by atoms with Crippen LogP contribution in [0.1, 0.15) is 39.2 Å². The third-order valence-corrected chi connectivity index (χ3v) is 5.88. The van der Waals surface area contributed by atoms with Crippen molar-refractivity contribution < 1.29 is 17.9 Å². The standard InChI is InChI=1S/C19H30N2O4S/c1-19(2,3)16-7-9-17(10-8-16)25-13-11-20-18(22)15-6-5-12-21(14-15)26(4,23)24/h7-10,15H,5-6,11-14H2,1-4H3,(H,20,22)/t15-/m0/s1. The van der Waals surface area contributed by atoms with Gasteiger partial charge in [0.05, 0.1) is 18.7 Å². The van der Waals surface area contributed by atoms with Gasteiger partial charge in [0.2, 0.25) is 15.9 Å². The number of piperidine rings is 1. The van der Waals surface area contributed by atoms with Gasteiger partial charge in [0.1, 0.15) is 12.4 Å². The molecule has 1 atom stereocenters. The first-order valence-electron chi connectivity index (χ1n) is 9.03. The highest BCUT2D eigenvalue weighted by Gasteiger charge is 2.29. The van der Waals surface area contributed by atoms with Gasteiger partial charge in [-0.05, 0) is 36.0 Å². The number of carbonyl (C=O) groups is 1. The van der Waals surface area contributed by atoms with Gasteiger partial charge in [0.25, 0.3) is 0 Å². The molecule has 1 amide bonds. The fraction of sp³-hybridized carbons (Fsp3) is 0.632. The van der Waals surface area contributed by atoms with E-state index in [4.69, 9.17) is 4.74 Å². The molecule has 1 aliphatic heterocycles. The lowest BCUT2D eigenvalue weighted by atomic mass is 9.87. The Kier molecular flexibility index (Phi) is 6.69. The third-order valence-electron chi connectivity index (χ3n) is 4.61. The van der Waals surface area contributed by atoms with Gasteiger partial charge in [0.15, 0.2) is 0 Å². The fourth-order valence-electron chi connectivity index (χ4n) is 3.00. The zero-order valence-corrected chi connectivity index (χ0v) is 16.9. The van der Waals surface area contributed by atoms with Crippen molar-refractivity contribution in [2.45, 2.75) is 39.0 Å². The maximum Gasteiger partial charge on any atom is 0.224 e. The van der Waals surface area contributed by atoms with Gasteiger partial charge < -0.3 is 10.1 Å². The van der Waals surface area contributed by atoms with Crippen LogP contribution < -0.4 is 10.1 Å². The molecule has 0 unspecified atom stereocenters. The van der Waals surface area contributed by atoms with E-state index in [9.17, 15) is 13.2 Å². The summed E-state index contributed by atoms with van der Waals surface area (Å²) in [7, 11) is -3.24. The summed E-state index contributed by atoms with van der Waals surface area (Å²) in [4.78, 5) is 12.2. The van der Waals surface area contributed by atoms with Crippen LogP contribution in [0.25, 0.3) is 0 Å². The second-order valence-electron chi connectivity index (χ2n) is 7.87. The maximum absolute atomic E-state index is 12.2. The van der Waals surface area contributed by atoms with Crippen molar-refractivity contribution in [2.24, 2.45) is 5.92 Å². The van der Waals surface area contributed by atoms with Crippen LogP contribution in [0.3, 0.4) is 0 Å². The van der Waals surface area contributed by atoms with Crippen molar-refractivity contribution in [3.05, 3.63) is 29.8 Å². The van der Waals surface area contributed by atoms with Crippen molar-refractivity contribution in [1.29, 1.82) is 0 Å². The number of amides is 1. The molecule has 0 aliphatic carbocycles. The van der Waals surface area contributed by atoms with Crippen LogP contribution in [0.5, 0.6) is 5.75 Å². The van der Waals surface area contributed by atoms with Crippen molar-refractivity contribution >= 4 is 15.9 Å². The molecule has 0 radical (unpaired) electrons. The van der Waals surface area contributed by atoms with E-state index in [1.165, 1.54) is 16.1 Å².